The lowest BCUT2D eigenvalue weighted by Gasteiger charge is -2.18. The van der Waals surface area contributed by atoms with E-state index in [1.807, 2.05) is 0 Å². The van der Waals surface area contributed by atoms with Crippen molar-refractivity contribution in [3.63, 3.8) is 0 Å². The smallest absolute Gasteiger partial charge is 0.362 e. The van der Waals surface area contributed by atoms with E-state index >= 15 is 0 Å². The molecule has 138 valence electrons. The molecule has 1 rings (SSSR count). The highest BCUT2D eigenvalue weighted by molar-refractivity contribution is 7.80. The van der Waals surface area contributed by atoms with Crippen molar-refractivity contribution in [1.29, 1.82) is 0 Å². The molecule has 0 saturated heterocycles. The molecule has 24 heavy (non-hydrogen) atoms. The van der Waals surface area contributed by atoms with Gasteiger partial charge in [0.2, 0.25) is 0 Å². The normalized spacial score (nSPS) is 11.8. The van der Waals surface area contributed by atoms with Crippen LogP contribution in [0.1, 0.15) is 20.3 Å². The molecule has 1 aromatic heterocycles. The highest BCUT2D eigenvalue weighted by Crippen LogP contribution is 2.14. The second kappa shape index (κ2) is 10.5. The van der Waals surface area contributed by atoms with E-state index in [-0.39, 0.29) is 6.73 Å². The van der Waals surface area contributed by atoms with Crippen LogP contribution < -0.4 is 10.6 Å². The predicted molar refractivity (Wildman–Crippen MR) is 90.9 cm³/mol. The number of nitrogens with zero attached hydrogens (tertiary/aromatic N) is 3. The summed E-state index contributed by atoms with van der Waals surface area (Å²) in [6.07, 6.45) is -0.375. The Bertz CT molecular complexity index is 491. The minimum Gasteiger partial charge on any atom is -0.362 e. The maximum absolute atomic E-state index is 12.0. The van der Waals surface area contributed by atoms with Crippen molar-refractivity contribution in [1.82, 2.24) is 20.0 Å². The monoisotopic (exact) mass is 367 g/mol. The molecular formula is C14H24F3N5OS. The summed E-state index contributed by atoms with van der Waals surface area (Å²) in [7, 11) is 0. The number of alkyl halides is 3. The zero-order valence-electron chi connectivity index (χ0n) is 13.9. The first-order valence-electron chi connectivity index (χ1n) is 7.78. The molecule has 0 atom stereocenters. The van der Waals surface area contributed by atoms with Crippen LogP contribution in [0.25, 0.3) is 0 Å². The van der Waals surface area contributed by atoms with Gasteiger partial charge in [-0.25, -0.2) is 4.68 Å². The Morgan fingerprint density at radius 1 is 1.38 bits per heavy atom. The minimum absolute atomic E-state index is 0.273. The van der Waals surface area contributed by atoms with Crippen LogP contribution in [0.15, 0.2) is 12.4 Å². The van der Waals surface area contributed by atoms with E-state index in [1.54, 1.807) is 0 Å². The molecule has 0 spiro atoms. The maximum Gasteiger partial charge on any atom is 0.411 e. The van der Waals surface area contributed by atoms with E-state index < -0.39 is 12.8 Å². The number of halogens is 3. The lowest BCUT2D eigenvalue weighted by Crippen LogP contribution is -2.32. The Labute approximate surface area is 145 Å². The molecule has 6 nitrogen and oxygen atoms in total. The average Bonchev–Trinajstić information content (AvgIpc) is 2.93. The van der Waals surface area contributed by atoms with Gasteiger partial charge in [0.1, 0.15) is 13.3 Å². The van der Waals surface area contributed by atoms with Gasteiger partial charge in [-0.3, -0.25) is 0 Å². The van der Waals surface area contributed by atoms with Crippen LogP contribution in [0.4, 0.5) is 18.9 Å². The molecule has 1 aromatic rings. The number of hydrogen-bond acceptors (Lipinski definition) is 4. The topological polar surface area (TPSA) is 54.3 Å². The van der Waals surface area contributed by atoms with Crippen molar-refractivity contribution in [3.05, 3.63) is 12.4 Å². The van der Waals surface area contributed by atoms with Crippen molar-refractivity contribution in [2.45, 2.75) is 33.2 Å². The van der Waals surface area contributed by atoms with Gasteiger partial charge in [-0.1, -0.05) is 13.8 Å². The van der Waals surface area contributed by atoms with Crippen LogP contribution in [0.2, 0.25) is 0 Å². The molecule has 0 amide bonds. The first-order chi connectivity index (χ1) is 11.3. The molecular weight excluding hydrogens is 343 g/mol. The van der Waals surface area contributed by atoms with Gasteiger partial charge < -0.3 is 20.3 Å². The quantitative estimate of drug-likeness (QED) is 0.489. The summed E-state index contributed by atoms with van der Waals surface area (Å²) < 4.78 is 41.7. The van der Waals surface area contributed by atoms with Crippen molar-refractivity contribution < 1.29 is 17.9 Å². The third kappa shape index (κ3) is 9.04. The Balaban J connectivity index is 2.23. The largest absolute Gasteiger partial charge is 0.411 e. The van der Waals surface area contributed by atoms with Gasteiger partial charge in [0, 0.05) is 6.54 Å². The standard InChI is InChI=1S/C14H24F3N5OS/c1-3-21(4-2)7-5-6-18-13(24)20-12-8-19-22(9-12)11-23-10-14(15,16)17/h8-9H,3-7,10-11H2,1-2H3,(H2,18,20,24). The van der Waals surface area contributed by atoms with Gasteiger partial charge in [0.25, 0.3) is 0 Å². The fraction of sp³-hybridized carbons (Fsp3) is 0.714. The van der Waals surface area contributed by atoms with Crippen LogP contribution in [-0.4, -0.2) is 58.8 Å². The summed E-state index contributed by atoms with van der Waals surface area (Å²) >= 11 is 5.16. The van der Waals surface area contributed by atoms with E-state index in [0.29, 0.717) is 10.8 Å². The van der Waals surface area contributed by atoms with E-state index in [4.69, 9.17) is 12.2 Å². The summed E-state index contributed by atoms with van der Waals surface area (Å²) in [4.78, 5) is 2.32. The van der Waals surface area contributed by atoms with Crippen LogP contribution in [0.5, 0.6) is 0 Å². The van der Waals surface area contributed by atoms with E-state index in [1.165, 1.54) is 17.1 Å². The van der Waals surface area contributed by atoms with E-state index in [9.17, 15) is 13.2 Å². The lowest BCUT2D eigenvalue weighted by atomic mass is 10.3. The molecule has 0 aromatic carbocycles. The molecule has 0 aliphatic carbocycles. The lowest BCUT2D eigenvalue weighted by molar-refractivity contribution is -0.182. The zero-order valence-corrected chi connectivity index (χ0v) is 14.7. The zero-order chi connectivity index (χ0) is 18.0. The molecule has 0 aliphatic heterocycles. The van der Waals surface area contributed by atoms with Gasteiger partial charge in [0.15, 0.2) is 5.11 Å². The SMILES string of the molecule is CCN(CC)CCCNC(=S)Nc1cnn(COCC(F)(F)F)c1. The third-order valence-corrected chi connectivity index (χ3v) is 3.46. The highest BCUT2D eigenvalue weighted by Gasteiger charge is 2.27. The Kier molecular flexibility index (Phi) is 9.01. The van der Waals surface area contributed by atoms with Crippen LogP contribution in [0, 0.1) is 0 Å². The van der Waals surface area contributed by atoms with Crippen molar-refractivity contribution in [2.24, 2.45) is 0 Å². The van der Waals surface area contributed by atoms with Crippen LogP contribution in [-0.2, 0) is 11.5 Å². The van der Waals surface area contributed by atoms with E-state index in [0.717, 1.165) is 32.6 Å². The molecule has 0 bridgehead atoms. The molecule has 1 heterocycles. The average molecular weight is 367 g/mol. The second-order valence-corrected chi connectivity index (χ2v) is 5.53. The minimum atomic E-state index is -4.34. The van der Waals surface area contributed by atoms with Gasteiger partial charge in [-0.15, -0.1) is 0 Å². The fourth-order valence-corrected chi connectivity index (χ4v) is 2.19. The second-order valence-electron chi connectivity index (χ2n) is 5.12. The number of hydrogen-bond donors (Lipinski definition) is 2. The molecule has 10 heteroatoms. The molecule has 0 saturated carbocycles. The number of nitrogens with one attached hydrogen (secondary N) is 2. The molecule has 0 fully saturated rings. The number of rotatable bonds is 10. The van der Waals surface area contributed by atoms with Crippen molar-refractivity contribution in [3.8, 4) is 0 Å². The first-order valence-corrected chi connectivity index (χ1v) is 8.19. The Hall–Kier alpha value is -1.39. The number of anilines is 1. The van der Waals surface area contributed by atoms with Crippen LogP contribution >= 0.6 is 12.2 Å². The molecule has 0 aliphatic rings. The third-order valence-electron chi connectivity index (χ3n) is 3.21. The predicted octanol–water partition coefficient (Wildman–Crippen LogP) is 2.44. The summed E-state index contributed by atoms with van der Waals surface area (Å²) in [5, 5.41) is 10.4. The maximum atomic E-state index is 12.0. The number of thiocarbonyl (C=S) groups is 1. The van der Waals surface area contributed by atoms with Gasteiger partial charge in [-0.2, -0.15) is 18.3 Å². The molecule has 2 N–H and O–H groups in total. The number of ether oxygens (including phenoxy) is 1. The number of aromatic nitrogens is 2. The molecule has 0 radical (unpaired) electrons. The molecule has 0 unspecified atom stereocenters. The summed E-state index contributed by atoms with van der Waals surface area (Å²) in [5.74, 6) is 0. The first kappa shape index (κ1) is 20.7. The van der Waals surface area contributed by atoms with Crippen molar-refractivity contribution >= 4 is 23.0 Å². The highest BCUT2D eigenvalue weighted by atomic mass is 32.1. The Morgan fingerprint density at radius 2 is 2.08 bits per heavy atom. The van der Waals surface area contributed by atoms with Gasteiger partial charge in [-0.05, 0) is 38.3 Å². The van der Waals surface area contributed by atoms with Gasteiger partial charge >= 0.3 is 6.18 Å². The van der Waals surface area contributed by atoms with E-state index in [2.05, 4.69) is 39.2 Å². The van der Waals surface area contributed by atoms with Gasteiger partial charge in [0.05, 0.1) is 18.1 Å². The van der Waals surface area contributed by atoms with Crippen molar-refractivity contribution in [2.75, 3.05) is 38.1 Å². The summed E-state index contributed by atoms with van der Waals surface area (Å²) in [5.41, 5.74) is 0.590. The summed E-state index contributed by atoms with van der Waals surface area (Å²) in [6, 6.07) is 0. The Morgan fingerprint density at radius 3 is 2.71 bits per heavy atom. The van der Waals surface area contributed by atoms with Crippen LogP contribution in [0.3, 0.4) is 0 Å². The summed E-state index contributed by atoms with van der Waals surface area (Å²) in [6.45, 7) is 6.46. The fourth-order valence-electron chi connectivity index (χ4n) is 1.97.